The lowest BCUT2D eigenvalue weighted by Crippen LogP contribution is -2.09. The third kappa shape index (κ3) is 3.21. The van der Waals surface area contributed by atoms with Crippen molar-refractivity contribution < 1.29 is 19.0 Å². The van der Waals surface area contributed by atoms with Crippen LogP contribution in [0.5, 0.6) is 11.5 Å². The topological polar surface area (TPSA) is 44.8 Å². The second-order valence-corrected chi connectivity index (χ2v) is 4.13. The van der Waals surface area contributed by atoms with Crippen molar-refractivity contribution in [2.45, 2.75) is 13.3 Å². The third-order valence-electron chi connectivity index (χ3n) is 2.29. The molecule has 0 aliphatic heterocycles. The molecule has 0 amide bonds. The van der Waals surface area contributed by atoms with Crippen molar-refractivity contribution in [1.29, 1.82) is 0 Å². The Hall–Kier alpha value is -1.13. The summed E-state index contributed by atoms with van der Waals surface area (Å²) >= 11 is 12.2. The highest BCUT2D eigenvalue weighted by molar-refractivity contribution is 6.38. The minimum absolute atomic E-state index is 0.0287. The van der Waals surface area contributed by atoms with Crippen molar-refractivity contribution in [1.82, 2.24) is 0 Å². The van der Waals surface area contributed by atoms with Crippen molar-refractivity contribution in [3.8, 4) is 11.5 Å². The number of rotatable bonds is 5. The van der Waals surface area contributed by atoms with Gasteiger partial charge in [0.05, 0.1) is 37.3 Å². The SMILES string of the molecule is CCOC(=O)Cc1c(Cl)c(OC)cc(OC)c1Cl. The first kappa shape index (κ1) is 14.9. The molecule has 0 N–H and O–H groups in total. The maximum absolute atomic E-state index is 11.5. The fourth-order valence-electron chi connectivity index (χ4n) is 1.45. The van der Waals surface area contributed by atoms with Crippen molar-refractivity contribution >= 4 is 29.2 Å². The van der Waals surface area contributed by atoms with Crippen LogP contribution in [0.1, 0.15) is 12.5 Å². The Morgan fingerprint density at radius 2 is 1.67 bits per heavy atom. The molecule has 0 unspecified atom stereocenters. The summed E-state index contributed by atoms with van der Waals surface area (Å²) in [4.78, 5) is 11.5. The van der Waals surface area contributed by atoms with Crippen LogP contribution >= 0.6 is 23.2 Å². The van der Waals surface area contributed by atoms with Crippen molar-refractivity contribution in [2.75, 3.05) is 20.8 Å². The van der Waals surface area contributed by atoms with Gasteiger partial charge in [-0.25, -0.2) is 0 Å². The van der Waals surface area contributed by atoms with E-state index >= 15 is 0 Å². The normalized spacial score (nSPS) is 10.1. The van der Waals surface area contributed by atoms with E-state index in [0.29, 0.717) is 23.7 Å². The van der Waals surface area contributed by atoms with Gasteiger partial charge in [-0.05, 0) is 6.92 Å². The summed E-state index contributed by atoms with van der Waals surface area (Å²) in [5, 5.41) is 0.577. The Bertz CT molecular complexity index is 418. The van der Waals surface area contributed by atoms with E-state index in [-0.39, 0.29) is 16.5 Å². The predicted octanol–water partition coefficient (Wildman–Crippen LogP) is 3.12. The van der Waals surface area contributed by atoms with Gasteiger partial charge in [-0.15, -0.1) is 0 Å². The van der Waals surface area contributed by atoms with E-state index < -0.39 is 5.97 Å². The third-order valence-corrected chi connectivity index (χ3v) is 3.12. The summed E-state index contributed by atoms with van der Waals surface area (Å²) in [7, 11) is 2.95. The molecule has 0 heterocycles. The molecular weight excluding hydrogens is 279 g/mol. The van der Waals surface area contributed by atoms with E-state index in [1.807, 2.05) is 0 Å². The zero-order chi connectivity index (χ0) is 13.7. The Balaban J connectivity index is 3.19. The van der Waals surface area contributed by atoms with Crippen LogP contribution in [0.4, 0.5) is 0 Å². The highest BCUT2D eigenvalue weighted by Gasteiger charge is 2.19. The molecule has 4 nitrogen and oxygen atoms in total. The molecule has 0 aromatic heterocycles. The molecule has 0 bridgehead atoms. The number of benzene rings is 1. The maximum Gasteiger partial charge on any atom is 0.310 e. The molecule has 0 saturated carbocycles. The molecule has 0 aliphatic carbocycles. The first-order valence-corrected chi connectivity index (χ1v) is 6.05. The number of hydrogen-bond acceptors (Lipinski definition) is 4. The van der Waals surface area contributed by atoms with E-state index in [2.05, 4.69) is 0 Å². The molecule has 0 fully saturated rings. The van der Waals surface area contributed by atoms with Gasteiger partial charge in [-0.3, -0.25) is 4.79 Å². The minimum atomic E-state index is -0.406. The van der Waals surface area contributed by atoms with Gasteiger partial charge in [-0.2, -0.15) is 0 Å². The average molecular weight is 293 g/mol. The van der Waals surface area contributed by atoms with Crippen LogP contribution in [-0.4, -0.2) is 26.8 Å². The Morgan fingerprint density at radius 3 is 2.06 bits per heavy atom. The zero-order valence-corrected chi connectivity index (χ0v) is 11.9. The van der Waals surface area contributed by atoms with E-state index in [0.717, 1.165) is 0 Å². The Morgan fingerprint density at radius 1 is 1.17 bits per heavy atom. The van der Waals surface area contributed by atoms with E-state index in [4.69, 9.17) is 37.4 Å². The summed E-state index contributed by atoms with van der Waals surface area (Å²) < 4.78 is 15.1. The van der Waals surface area contributed by atoms with Gasteiger partial charge in [0.15, 0.2) is 0 Å². The molecule has 1 rings (SSSR count). The van der Waals surface area contributed by atoms with Gasteiger partial charge in [0.25, 0.3) is 0 Å². The zero-order valence-electron chi connectivity index (χ0n) is 10.4. The highest BCUT2D eigenvalue weighted by Crippen LogP contribution is 2.40. The average Bonchev–Trinajstić information content (AvgIpc) is 2.35. The highest BCUT2D eigenvalue weighted by atomic mass is 35.5. The van der Waals surface area contributed by atoms with Gasteiger partial charge in [0.1, 0.15) is 11.5 Å². The summed E-state index contributed by atoms with van der Waals surface area (Å²) in [6, 6.07) is 1.57. The van der Waals surface area contributed by atoms with Crippen LogP contribution < -0.4 is 9.47 Å². The fourth-order valence-corrected chi connectivity index (χ4v) is 2.08. The smallest absolute Gasteiger partial charge is 0.310 e. The lowest BCUT2D eigenvalue weighted by molar-refractivity contribution is -0.142. The van der Waals surface area contributed by atoms with Crippen molar-refractivity contribution in [3.63, 3.8) is 0 Å². The number of carbonyl (C=O) groups is 1. The van der Waals surface area contributed by atoms with Gasteiger partial charge in [-0.1, -0.05) is 23.2 Å². The van der Waals surface area contributed by atoms with Crippen LogP contribution in [0.15, 0.2) is 6.07 Å². The maximum atomic E-state index is 11.5. The number of hydrogen-bond donors (Lipinski definition) is 0. The lowest BCUT2D eigenvalue weighted by Gasteiger charge is -2.13. The summed E-state index contributed by atoms with van der Waals surface area (Å²) in [5.74, 6) is 0.394. The quantitative estimate of drug-likeness (QED) is 0.782. The number of carbonyl (C=O) groups excluding carboxylic acids is 1. The number of esters is 1. The summed E-state index contributed by atoms with van der Waals surface area (Å²) in [5.41, 5.74) is 0.438. The first-order valence-electron chi connectivity index (χ1n) is 5.29. The second kappa shape index (κ2) is 6.71. The van der Waals surface area contributed by atoms with Crippen molar-refractivity contribution in [3.05, 3.63) is 21.7 Å². The predicted molar refractivity (Wildman–Crippen MR) is 69.9 cm³/mol. The fraction of sp³-hybridized carbons (Fsp3) is 0.417. The lowest BCUT2D eigenvalue weighted by atomic mass is 10.1. The first-order chi connectivity index (χ1) is 8.54. The Labute approximate surface area is 116 Å². The van der Waals surface area contributed by atoms with Crippen LogP contribution in [0.2, 0.25) is 10.0 Å². The van der Waals surface area contributed by atoms with Crippen LogP contribution in [0.3, 0.4) is 0 Å². The van der Waals surface area contributed by atoms with Crippen LogP contribution in [0, 0.1) is 0 Å². The molecule has 0 atom stereocenters. The molecule has 1 aromatic rings. The molecule has 0 aliphatic rings. The van der Waals surface area contributed by atoms with E-state index in [9.17, 15) is 4.79 Å². The second-order valence-electron chi connectivity index (χ2n) is 3.37. The molecule has 1 aromatic carbocycles. The van der Waals surface area contributed by atoms with Gasteiger partial charge < -0.3 is 14.2 Å². The summed E-state index contributed by atoms with van der Waals surface area (Å²) in [6.45, 7) is 2.03. The van der Waals surface area contributed by atoms with Crippen molar-refractivity contribution in [2.24, 2.45) is 0 Å². The van der Waals surface area contributed by atoms with Crippen LogP contribution in [-0.2, 0) is 16.0 Å². The minimum Gasteiger partial charge on any atom is -0.495 e. The standard InChI is InChI=1S/C12H14Cl2O4/c1-4-18-10(15)5-7-11(13)8(16-2)6-9(17-3)12(7)14/h6H,4-5H2,1-3H3. The molecule has 18 heavy (non-hydrogen) atoms. The summed E-state index contributed by atoms with van der Waals surface area (Å²) in [6.07, 6.45) is -0.0287. The molecule has 100 valence electrons. The monoisotopic (exact) mass is 292 g/mol. The molecule has 0 spiro atoms. The van der Waals surface area contributed by atoms with E-state index in [1.165, 1.54) is 14.2 Å². The largest absolute Gasteiger partial charge is 0.495 e. The van der Waals surface area contributed by atoms with Gasteiger partial charge in [0.2, 0.25) is 0 Å². The van der Waals surface area contributed by atoms with Gasteiger partial charge in [0, 0.05) is 11.6 Å². The number of methoxy groups -OCH3 is 2. The number of halogens is 2. The molecule has 6 heteroatoms. The van der Waals surface area contributed by atoms with E-state index in [1.54, 1.807) is 13.0 Å². The number of ether oxygens (including phenoxy) is 3. The Kier molecular flexibility index (Phi) is 5.56. The molecular formula is C12H14Cl2O4. The molecule has 0 saturated heterocycles. The molecule has 0 radical (unpaired) electrons. The van der Waals surface area contributed by atoms with Gasteiger partial charge >= 0.3 is 5.97 Å². The van der Waals surface area contributed by atoms with Crippen LogP contribution in [0.25, 0.3) is 0 Å².